The van der Waals surface area contributed by atoms with Crippen LogP contribution < -0.4 is 10.6 Å². The molecule has 0 bridgehead atoms. The van der Waals surface area contributed by atoms with Gasteiger partial charge in [0.25, 0.3) is 0 Å². The predicted molar refractivity (Wildman–Crippen MR) is 66.8 cm³/mol. The fraction of sp³-hybridized carbons (Fsp3) is 0.462. The van der Waals surface area contributed by atoms with E-state index in [2.05, 4.69) is 21.6 Å². The molecular formula is C13H17N3O. The smallest absolute Gasteiger partial charge is 0.318 e. The molecule has 2 aliphatic rings. The van der Waals surface area contributed by atoms with E-state index in [1.165, 1.54) is 24.8 Å². The van der Waals surface area contributed by atoms with Crippen molar-refractivity contribution in [1.82, 2.24) is 10.2 Å². The van der Waals surface area contributed by atoms with Crippen molar-refractivity contribution >= 4 is 11.7 Å². The van der Waals surface area contributed by atoms with Gasteiger partial charge in [-0.15, -0.1) is 0 Å². The molecule has 1 aromatic rings. The average Bonchev–Trinajstić information content (AvgIpc) is 2.39. The lowest BCUT2D eigenvalue weighted by Gasteiger charge is -2.38. The second kappa shape index (κ2) is 4.37. The lowest BCUT2D eigenvalue weighted by molar-refractivity contribution is 0.140. The Morgan fingerprint density at radius 1 is 1.12 bits per heavy atom. The first-order valence-corrected chi connectivity index (χ1v) is 6.25. The molecule has 1 aromatic carbocycles. The second-order valence-electron chi connectivity index (χ2n) is 4.68. The number of anilines is 1. The van der Waals surface area contributed by atoms with Crippen LogP contribution in [0.1, 0.15) is 31.0 Å². The van der Waals surface area contributed by atoms with E-state index < -0.39 is 0 Å². The van der Waals surface area contributed by atoms with Crippen molar-refractivity contribution < 1.29 is 4.79 Å². The number of benzene rings is 1. The molecule has 4 nitrogen and oxygen atoms in total. The van der Waals surface area contributed by atoms with Gasteiger partial charge in [0.2, 0.25) is 0 Å². The minimum atomic E-state index is -0.0979. The predicted octanol–water partition coefficient (Wildman–Crippen LogP) is 2.31. The third kappa shape index (κ3) is 2.00. The Hall–Kier alpha value is -1.55. The third-order valence-corrected chi connectivity index (χ3v) is 3.53. The zero-order chi connectivity index (χ0) is 11.7. The number of fused-ring (bicyclic) bond motifs is 1. The molecular weight excluding hydrogens is 214 g/mol. The first kappa shape index (κ1) is 10.6. The summed E-state index contributed by atoms with van der Waals surface area (Å²) in [6.07, 6.45) is 3.79. The normalized spacial score (nSPS) is 24.7. The maximum Gasteiger partial charge on any atom is 0.320 e. The van der Waals surface area contributed by atoms with Crippen LogP contribution in [-0.4, -0.2) is 24.0 Å². The summed E-state index contributed by atoms with van der Waals surface area (Å²) in [5.74, 6) is 0. The monoisotopic (exact) mass is 231 g/mol. The van der Waals surface area contributed by atoms with Crippen molar-refractivity contribution in [1.29, 1.82) is 0 Å². The number of rotatable bonds is 1. The van der Waals surface area contributed by atoms with E-state index >= 15 is 0 Å². The minimum Gasteiger partial charge on any atom is -0.318 e. The molecule has 2 amide bonds. The molecule has 0 aromatic heterocycles. The van der Waals surface area contributed by atoms with Crippen LogP contribution in [0.2, 0.25) is 0 Å². The van der Waals surface area contributed by atoms with E-state index in [1.807, 2.05) is 18.2 Å². The molecule has 1 atom stereocenters. The Bertz CT molecular complexity index is 426. The first-order chi connectivity index (χ1) is 8.34. The van der Waals surface area contributed by atoms with Crippen molar-refractivity contribution in [2.75, 3.05) is 18.4 Å². The highest BCUT2D eigenvalue weighted by atomic mass is 16.2. The van der Waals surface area contributed by atoms with Crippen LogP contribution >= 0.6 is 0 Å². The number of nitrogens with one attached hydrogen (secondary N) is 2. The van der Waals surface area contributed by atoms with E-state index in [0.717, 1.165) is 18.8 Å². The molecule has 1 fully saturated rings. The van der Waals surface area contributed by atoms with Crippen LogP contribution in [0.3, 0.4) is 0 Å². The number of piperidine rings is 1. The molecule has 90 valence electrons. The molecule has 4 heteroatoms. The maximum atomic E-state index is 11.6. The summed E-state index contributed by atoms with van der Waals surface area (Å²) in [6.45, 7) is 2.14. The van der Waals surface area contributed by atoms with Crippen LogP contribution in [0.25, 0.3) is 0 Å². The minimum absolute atomic E-state index is 0.0419. The SMILES string of the molecule is O=C1Nc2ccccc2C(N2CCCCC2)N1. The quantitative estimate of drug-likeness (QED) is 0.779. The van der Waals surface area contributed by atoms with Gasteiger partial charge in [0, 0.05) is 24.3 Å². The molecule has 1 unspecified atom stereocenters. The molecule has 0 radical (unpaired) electrons. The fourth-order valence-electron chi connectivity index (χ4n) is 2.67. The number of hydrogen-bond acceptors (Lipinski definition) is 2. The van der Waals surface area contributed by atoms with Crippen LogP contribution in [-0.2, 0) is 0 Å². The van der Waals surface area contributed by atoms with Gasteiger partial charge in [-0.25, -0.2) is 4.79 Å². The molecule has 0 saturated carbocycles. The molecule has 2 aliphatic heterocycles. The molecule has 1 saturated heterocycles. The standard InChI is InChI=1S/C13H17N3O/c17-13-14-11-7-3-2-6-10(11)12(15-13)16-8-4-1-5-9-16/h2-3,6-7,12H,1,4-5,8-9H2,(H2,14,15,17). The number of carbonyl (C=O) groups excluding carboxylic acids is 1. The van der Waals surface area contributed by atoms with Crippen LogP contribution in [0.4, 0.5) is 10.5 Å². The van der Waals surface area contributed by atoms with E-state index in [1.54, 1.807) is 0 Å². The average molecular weight is 231 g/mol. The van der Waals surface area contributed by atoms with E-state index in [-0.39, 0.29) is 12.2 Å². The van der Waals surface area contributed by atoms with Gasteiger partial charge < -0.3 is 10.6 Å². The lowest BCUT2D eigenvalue weighted by atomic mass is 10.0. The first-order valence-electron chi connectivity index (χ1n) is 6.25. The van der Waals surface area contributed by atoms with Gasteiger partial charge in [-0.05, 0) is 18.9 Å². The van der Waals surface area contributed by atoms with Gasteiger partial charge >= 0.3 is 6.03 Å². The van der Waals surface area contributed by atoms with E-state index in [9.17, 15) is 4.79 Å². The summed E-state index contributed by atoms with van der Waals surface area (Å²) in [5.41, 5.74) is 2.11. The van der Waals surface area contributed by atoms with Crippen molar-refractivity contribution in [3.63, 3.8) is 0 Å². The Labute approximate surface area is 101 Å². The summed E-state index contributed by atoms with van der Waals surface area (Å²) in [6, 6.07) is 7.93. The highest BCUT2D eigenvalue weighted by Gasteiger charge is 2.29. The van der Waals surface area contributed by atoms with E-state index in [4.69, 9.17) is 0 Å². The number of hydrogen-bond donors (Lipinski definition) is 2. The zero-order valence-corrected chi connectivity index (χ0v) is 9.78. The highest BCUT2D eigenvalue weighted by molar-refractivity contribution is 5.92. The summed E-state index contributed by atoms with van der Waals surface area (Å²) in [5, 5.41) is 5.87. The molecule has 0 spiro atoms. The Morgan fingerprint density at radius 2 is 1.88 bits per heavy atom. The second-order valence-corrected chi connectivity index (χ2v) is 4.68. The Balaban J connectivity index is 1.91. The van der Waals surface area contributed by atoms with Crippen molar-refractivity contribution in [3.05, 3.63) is 29.8 Å². The van der Waals surface area contributed by atoms with Crippen LogP contribution in [0, 0.1) is 0 Å². The molecule has 0 aliphatic carbocycles. The van der Waals surface area contributed by atoms with Crippen molar-refractivity contribution in [2.45, 2.75) is 25.4 Å². The number of urea groups is 1. The molecule has 3 rings (SSSR count). The van der Waals surface area contributed by atoms with Gasteiger partial charge in [-0.1, -0.05) is 24.6 Å². The summed E-state index contributed by atoms with van der Waals surface area (Å²) in [7, 11) is 0. The number of carbonyl (C=O) groups is 1. The summed E-state index contributed by atoms with van der Waals surface area (Å²) >= 11 is 0. The van der Waals surface area contributed by atoms with Gasteiger partial charge in [-0.2, -0.15) is 0 Å². The largest absolute Gasteiger partial charge is 0.320 e. The van der Waals surface area contributed by atoms with Gasteiger partial charge in [0.15, 0.2) is 0 Å². The fourth-order valence-corrected chi connectivity index (χ4v) is 2.67. The van der Waals surface area contributed by atoms with Gasteiger partial charge in [0.1, 0.15) is 6.17 Å². The zero-order valence-electron chi connectivity index (χ0n) is 9.78. The number of nitrogens with zero attached hydrogens (tertiary/aromatic N) is 1. The Kier molecular flexibility index (Phi) is 2.73. The van der Waals surface area contributed by atoms with Gasteiger partial charge in [-0.3, -0.25) is 4.90 Å². The Morgan fingerprint density at radius 3 is 2.71 bits per heavy atom. The number of likely N-dealkylation sites (tertiary alicyclic amines) is 1. The van der Waals surface area contributed by atoms with Crippen LogP contribution in [0.5, 0.6) is 0 Å². The van der Waals surface area contributed by atoms with E-state index in [0.29, 0.717) is 0 Å². The van der Waals surface area contributed by atoms with Crippen molar-refractivity contribution in [3.8, 4) is 0 Å². The van der Waals surface area contributed by atoms with Crippen LogP contribution in [0.15, 0.2) is 24.3 Å². The number of para-hydroxylation sites is 1. The lowest BCUT2D eigenvalue weighted by Crippen LogP contribution is -2.48. The summed E-state index contributed by atoms with van der Waals surface area (Å²) in [4.78, 5) is 14.0. The molecule has 17 heavy (non-hydrogen) atoms. The maximum absolute atomic E-state index is 11.6. The molecule has 2 heterocycles. The third-order valence-electron chi connectivity index (χ3n) is 3.53. The molecule has 2 N–H and O–H groups in total. The highest BCUT2D eigenvalue weighted by Crippen LogP contribution is 2.30. The summed E-state index contributed by atoms with van der Waals surface area (Å²) < 4.78 is 0. The number of amides is 2. The van der Waals surface area contributed by atoms with Crippen molar-refractivity contribution in [2.24, 2.45) is 0 Å². The topological polar surface area (TPSA) is 44.4 Å². The van der Waals surface area contributed by atoms with Gasteiger partial charge in [0.05, 0.1) is 0 Å².